The van der Waals surface area contributed by atoms with Gasteiger partial charge in [0.05, 0.1) is 18.2 Å². The molecule has 3 heterocycles. The summed E-state index contributed by atoms with van der Waals surface area (Å²) < 4.78 is 5.05. The third kappa shape index (κ3) is 2.94. The van der Waals surface area contributed by atoms with E-state index in [9.17, 15) is 0 Å². The number of pyridine rings is 1. The van der Waals surface area contributed by atoms with Crippen LogP contribution in [0.25, 0.3) is 11.3 Å². The van der Waals surface area contributed by atoms with Gasteiger partial charge in [0.15, 0.2) is 5.13 Å². The van der Waals surface area contributed by atoms with Crippen LogP contribution in [0, 0.1) is 6.92 Å². The van der Waals surface area contributed by atoms with Crippen molar-refractivity contribution in [2.75, 3.05) is 5.32 Å². The lowest BCUT2D eigenvalue weighted by molar-refractivity contribution is 0.568. The Kier molecular flexibility index (Phi) is 4.19. The molecule has 0 amide bonds. The maximum absolute atomic E-state index is 5.05. The summed E-state index contributed by atoms with van der Waals surface area (Å²) in [5.74, 6) is 0.839. The molecule has 0 saturated heterocycles. The topological polar surface area (TPSA) is 51.0 Å². The van der Waals surface area contributed by atoms with Crippen molar-refractivity contribution in [1.82, 2.24) is 9.97 Å². The minimum absolute atomic E-state index is 0. The number of halogens is 1. The quantitative estimate of drug-likeness (QED) is 0.783. The van der Waals surface area contributed by atoms with Gasteiger partial charge in [0.25, 0.3) is 0 Å². The van der Waals surface area contributed by atoms with Crippen molar-refractivity contribution in [3.63, 3.8) is 0 Å². The number of aromatic nitrogens is 2. The first-order valence-electron chi connectivity index (χ1n) is 5.49. The van der Waals surface area contributed by atoms with Crippen LogP contribution in [0.5, 0.6) is 0 Å². The summed E-state index contributed by atoms with van der Waals surface area (Å²) in [5, 5.41) is 6.04. The molecule has 0 unspecified atom stereocenters. The van der Waals surface area contributed by atoms with Gasteiger partial charge < -0.3 is 9.73 Å². The maximum atomic E-state index is 5.05. The fourth-order valence-electron chi connectivity index (χ4n) is 1.59. The van der Waals surface area contributed by atoms with Crippen molar-refractivity contribution in [3.8, 4) is 11.3 Å². The normalized spacial score (nSPS) is 9.95. The lowest BCUT2D eigenvalue weighted by Crippen LogP contribution is -1.95. The van der Waals surface area contributed by atoms with E-state index in [4.69, 9.17) is 4.42 Å². The second-order valence-corrected chi connectivity index (χ2v) is 4.70. The Labute approximate surface area is 120 Å². The molecule has 0 bridgehead atoms. The van der Waals surface area contributed by atoms with Crippen LogP contribution in [0.3, 0.4) is 0 Å². The molecule has 0 aliphatic carbocycles. The minimum atomic E-state index is 0. The molecule has 0 aliphatic heterocycles. The Morgan fingerprint density at radius 3 is 2.95 bits per heavy atom. The Morgan fingerprint density at radius 1 is 1.32 bits per heavy atom. The van der Waals surface area contributed by atoms with Gasteiger partial charge >= 0.3 is 0 Å². The zero-order chi connectivity index (χ0) is 12.4. The Hall–Kier alpha value is -1.85. The van der Waals surface area contributed by atoms with Crippen molar-refractivity contribution in [1.29, 1.82) is 0 Å². The highest BCUT2D eigenvalue weighted by molar-refractivity contribution is 7.14. The Bertz CT molecular complexity index is 651. The van der Waals surface area contributed by atoms with Crippen LogP contribution in [0.15, 0.2) is 46.7 Å². The van der Waals surface area contributed by atoms with E-state index in [1.807, 2.05) is 30.5 Å². The van der Waals surface area contributed by atoms with Gasteiger partial charge in [0.1, 0.15) is 5.82 Å². The molecule has 0 saturated carbocycles. The molecule has 4 nitrogen and oxygen atoms in total. The van der Waals surface area contributed by atoms with Crippen molar-refractivity contribution < 1.29 is 4.42 Å². The SMILES string of the molecule is Cc1cccnc1Nc1nc(-c2ccoc2)cs1.Cl. The highest BCUT2D eigenvalue weighted by Gasteiger charge is 2.07. The highest BCUT2D eigenvalue weighted by Crippen LogP contribution is 2.27. The van der Waals surface area contributed by atoms with E-state index >= 15 is 0 Å². The lowest BCUT2D eigenvalue weighted by Gasteiger charge is -2.03. The number of thiazole rings is 1. The van der Waals surface area contributed by atoms with Gasteiger partial charge in [-0.1, -0.05) is 6.07 Å². The molecular formula is C13H12ClN3OS. The predicted molar refractivity (Wildman–Crippen MR) is 79.3 cm³/mol. The third-order valence-corrected chi connectivity index (χ3v) is 3.31. The van der Waals surface area contributed by atoms with Crippen molar-refractivity contribution in [3.05, 3.63) is 47.9 Å². The van der Waals surface area contributed by atoms with E-state index in [-0.39, 0.29) is 12.4 Å². The van der Waals surface area contributed by atoms with Gasteiger partial charge in [0.2, 0.25) is 0 Å². The fraction of sp³-hybridized carbons (Fsp3) is 0.0769. The summed E-state index contributed by atoms with van der Waals surface area (Å²) in [6.45, 7) is 2.01. The molecule has 0 radical (unpaired) electrons. The summed E-state index contributed by atoms with van der Waals surface area (Å²) >= 11 is 1.55. The molecule has 6 heteroatoms. The van der Waals surface area contributed by atoms with Crippen LogP contribution in [0.2, 0.25) is 0 Å². The first-order valence-corrected chi connectivity index (χ1v) is 6.37. The molecule has 19 heavy (non-hydrogen) atoms. The smallest absolute Gasteiger partial charge is 0.188 e. The number of hydrogen-bond donors (Lipinski definition) is 1. The van der Waals surface area contributed by atoms with Gasteiger partial charge in [-0.2, -0.15) is 0 Å². The van der Waals surface area contributed by atoms with E-state index in [0.29, 0.717) is 0 Å². The molecule has 3 rings (SSSR count). The average molecular weight is 294 g/mol. The molecule has 3 aromatic heterocycles. The molecule has 3 aromatic rings. The maximum Gasteiger partial charge on any atom is 0.188 e. The zero-order valence-corrected chi connectivity index (χ0v) is 11.8. The second-order valence-electron chi connectivity index (χ2n) is 3.84. The van der Waals surface area contributed by atoms with Crippen LogP contribution >= 0.6 is 23.7 Å². The van der Waals surface area contributed by atoms with E-state index in [0.717, 1.165) is 27.8 Å². The number of nitrogens with one attached hydrogen (secondary N) is 1. The summed E-state index contributed by atoms with van der Waals surface area (Å²) in [6.07, 6.45) is 5.09. The summed E-state index contributed by atoms with van der Waals surface area (Å²) in [7, 11) is 0. The highest BCUT2D eigenvalue weighted by atomic mass is 35.5. The molecule has 0 atom stereocenters. The predicted octanol–water partition coefficient (Wildman–Crippen LogP) is 4.27. The standard InChI is InChI=1S/C13H11N3OS.ClH/c1-9-3-2-5-14-12(9)16-13-15-11(8-18-13)10-4-6-17-7-10;/h2-8H,1H3,(H,14,15,16);1H. The first kappa shape index (κ1) is 13.6. The fourth-order valence-corrected chi connectivity index (χ4v) is 2.31. The van der Waals surface area contributed by atoms with E-state index in [2.05, 4.69) is 15.3 Å². The van der Waals surface area contributed by atoms with E-state index in [1.54, 1.807) is 30.1 Å². The van der Waals surface area contributed by atoms with Gasteiger partial charge in [-0.3, -0.25) is 0 Å². The first-order chi connectivity index (χ1) is 8.83. The number of anilines is 2. The lowest BCUT2D eigenvalue weighted by atomic mass is 10.3. The molecule has 0 aliphatic rings. The van der Waals surface area contributed by atoms with Gasteiger partial charge in [-0.25, -0.2) is 9.97 Å². The van der Waals surface area contributed by atoms with Gasteiger partial charge in [-0.15, -0.1) is 23.7 Å². The van der Waals surface area contributed by atoms with Crippen molar-refractivity contribution in [2.24, 2.45) is 0 Å². The average Bonchev–Trinajstić information content (AvgIpc) is 3.02. The van der Waals surface area contributed by atoms with Crippen LogP contribution in [0.4, 0.5) is 10.9 Å². The Morgan fingerprint density at radius 2 is 2.21 bits per heavy atom. The molecular weight excluding hydrogens is 282 g/mol. The van der Waals surface area contributed by atoms with Crippen LogP contribution < -0.4 is 5.32 Å². The number of furan rings is 1. The summed E-state index contributed by atoms with van der Waals surface area (Å²) in [6, 6.07) is 5.82. The molecule has 0 fully saturated rings. The van der Waals surface area contributed by atoms with Crippen LogP contribution in [0.1, 0.15) is 5.56 Å². The number of rotatable bonds is 3. The van der Waals surface area contributed by atoms with Gasteiger partial charge in [0, 0.05) is 17.1 Å². The van der Waals surface area contributed by atoms with Crippen LogP contribution in [-0.4, -0.2) is 9.97 Å². The van der Waals surface area contributed by atoms with Crippen molar-refractivity contribution >= 4 is 34.7 Å². The Balaban J connectivity index is 0.00000133. The third-order valence-electron chi connectivity index (χ3n) is 2.56. The molecule has 98 valence electrons. The van der Waals surface area contributed by atoms with Crippen LogP contribution in [-0.2, 0) is 0 Å². The number of hydrogen-bond acceptors (Lipinski definition) is 5. The largest absolute Gasteiger partial charge is 0.472 e. The minimum Gasteiger partial charge on any atom is -0.472 e. The van der Waals surface area contributed by atoms with E-state index in [1.165, 1.54) is 0 Å². The van der Waals surface area contributed by atoms with E-state index < -0.39 is 0 Å². The number of nitrogens with zero attached hydrogens (tertiary/aromatic N) is 2. The van der Waals surface area contributed by atoms with Gasteiger partial charge in [-0.05, 0) is 24.6 Å². The van der Waals surface area contributed by atoms with Crippen molar-refractivity contribution in [2.45, 2.75) is 6.92 Å². The summed E-state index contributed by atoms with van der Waals surface area (Å²) in [5.41, 5.74) is 2.99. The monoisotopic (exact) mass is 293 g/mol. The molecule has 0 spiro atoms. The number of aryl methyl sites for hydroxylation is 1. The molecule has 1 N–H and O–H groups in total. The summed E-state index contributed by atoms with van der Waals surface area (Å²) in [4.78, 5) is 8.78. The zero-order valence-electron chi connectivity index (χ0n) is 10.2. The second kappa shape index (κ2) is 5.86. The molecule has 0 aromatic carbocycles.